The van der Waals surface area contributed by atoms with Crippen LogP contribution in [0.5, 0.6) is 6.01 Å². The van der Waals surface area contributed by atoms with Crippen molar-refractivity contribution in [3.63, 3.8) is 0 Å². The number of esters is 1. The van der Waals surface area contributed by atoms with Gasteiger partial charge in [-0.05, 0) is 91.3 Å². The fourth-order valence-corrected chi connectivity index (χ4v) is 6.55. The number of hydrogen-bond acceptors (Lipinski definition) is 11. The number of nitrogens with zero attached hydrogens (tertiary/aromatic N) is 3. The Morgan fingerprint density at radius 1 is 0.842 bits per heavy atom. The van der Waals surface area contributed by atoms with Gasteiger partial charge in [-0.2, -0.15) is 28.1 Å². The van der Waals surface area contributed by atoms with Crippen molar-refractivity contribution in [2.24, 2.45) is 0 Å². The molecule has 4 aromatic rings. The van der Waals surface area contributed by atoms with Crippen LogP contribution in [-0.2, 0) is 24.7 Å². The van der Waals surface area contributed by atoms with Crippen LogP contribution >= 0.6 is 11.6 Å². The fourth-order valence-electron chi connectivity index (χ4n) is 6.42. The third-order valence-electron chi connectivity index (χ3n) is 9.59. The van der Waals surface area contributed by atoms with E-state index >= 15 is 0 Å². The number of halogens is 4. The first kappa shape index (κ1) is 40.7. The molecule has 3 aromatic carbocycles. The molecule has 14 nitrogen and oxygen atoms in total. The Morgan fingerprint density at radius 3 is 2.12 bits per heavy atom. The molecule has 1 aromatic heterocycles. The van der Waals surface area contributed by atoms with Crippen molar-refractivity contribution in [3.8, 4) is 6.01 Å². The highest BCUT2D eigenvalue weighted by atomic mass is 35.5. The molecule has 57 heavy (non-hydrogen) atoms. The molecule has 2 fully saturated rings. The van der Waals surface area contributed by atoms with Gasteiger partial charge in [0, 0.05) is 28.5 Å². The Bertz CT molecular complexity index is 2060. The van der Waals surface area contributed by atoms with E-state index in [1.54, 1.807) is 24.3 Å². The van der Waals surface area contributed by atoms with E-state index < -0.39 is 60.6 Å². The van der Waals surface area contributed by atoms with Crippen molar-refractivity contribution in [2.75, 3.05) is 36.2 Å². The van der Waals surface area contributed by atoms with Gasteiger partial charge in [0.05, 0.1) is 12.6 Å². The molecular weight excluding hydrogens is 769 g/mol. The van der Waals surface area contributed by atoms with Gasteiger partial charge in [-0.25, -0.2) is 4.79 Å². The zero-order valence-electron chi connectivity index (χ0n) is 30.7. The third kappa shape index (κ3) is 11.3. The van der Waals surface area contributed by atoms with E-state index in [0.717, 1.165) is 25.5 Å². The van der Waals surface area contributed by atoms with Gasteiger partial charge in [-0.3, -0.25) is 14.4 Å². The molecule has 2 aliphatic rings. The minimum atomic E-state index is -4.64. The van der Waals surface area contributed by atoms with Crippen LogP contribution in [0.2, 0.25) is 5.02 Å². The standard InChI is InChI=1S/C39H40ClF3N8O6/c1-56-34(55)30(21-44-32(53)33(54)45-28-15-7-24(8-16-28)23-5-3-2-4-6-23)47-31(52)25-9-17-29(18-10-25)46-35-48-36(50-37(49-35)57-22-39(41,42)43)51-38(19-20-38)26-11-13-27(40)14-12-26/h7-18,23,30H,2-6,19-22H2,1H3,(H,44,53)(H,45,54)(H,47,52)(H2,46,48,49,50,51)/t30-/m0/s1. The van der Waals surface area contributed by atoms with Crippen LogP contribution in [0.25, 0.3) is 0 Å². The number of alkyl halides is 3. The first-order valence-corrected chi connectivity index (χ1v) is 18.6. The number of nitrogens with one attached hydrogen (secondary N) is 5. The van der Waals surface area contributed by atoms with Crippen LogP contribution in [0, 0.1) is 0 Å². The van der Waals surface area contributed by atoms with Gasteiger partial charge in [0.25, 0.3) is 5.91 Å². The number of ether oxygens (including phenoxy) is 2. The molecule has 3 amide bonds. The highest BCUT2D eigenvalue weighted by Crippen LogP contribution is 2.48. The molecule has 2 saturated carbocycles. The van der Waals surface area contributed by atoms with E-state index in [0.29, 0.717) is 35.2 Å². The lowest BCUT2D eigenvalue weighted by Gasteiger charge is -2.22. The van der Waals surface area contributed by atoms with Gasteiger partial charge in [0.15, 0.2) is 6.61 Å². The van der Waals surface area contributed by atoms with Crippen molar-refractivity contribution >= 4 is 58.6 Å². The molecule has 0 saturated heterocycles. The van der Waals surface area contributed by atoms with Gasteiger partial charge in [-0.15, -0.1) is 0 Å². The molecule has 1 heterocycles. The summed E-state index contributed by atoms with van der Waals surface area (Å²) in [6.45, 7) is -2.07. The summed E-state index contributed by atoms with van der Waals surface area (Å²) in [6.07, 6.45) is 2.64. The highest BCUT2D eigenvalue weighted by Gasteiger charge is 2.45. The molecule has 0 bridgehead atoms. The minimum Gasteiger partial charge on any atom is -0.467 e. The Balaban J connectivity index is 1.06. The summed E-state index contributed by atoms with van der Waals surface area (Å²) in [5.41, 5.74) is 2.40. The molecule has 1 atom stereocenters. The van der Waals surface area contributed by atoms with Gasteiger partial charge >= 0.3 is 30.0 Å². The van der Waals surface area contributed by atoms with E-state index in [2.05, 4.69) is 41.5 Å². The van der Waals surface area contributed by atoms with Gasteiger partial charge in [0.1, 0.15) is 6.04 Å². The predicted octanol–water partition coefficient (Wildman–Crippen LogP) is 6.38. The van der Waals surface area contributed by atoms with E-state index in [1.807, 2.05) is 24.3 Å². The number of hydrogen-bond donors (Lipinski definition) is 5. The minimum absolute atomic E-state index is 0.0323. The number of carbonyl (C=O) groups is 4. The van der Waals surface area contributed by atoms with Crippen LogP contribution < -0.4 is 31.3 Å². The second kappa shape index (κ2) is 17.9. The smallest absolute Gasteiger partial charge is 0.422 e. The zero-order valence-corrected chi connectivity index (χ0v) is 31.5. The number of anilines is 4. The summed E-state index contributed by atoms with van der Waals surface area (Å²) >= 11 is 6.04. The Labute approximate surface area is 330 Å². The number of aromatic nitrogens is 3. The van der Waals surface area contributed by atoms with Crippen LogP contribution in [0.1, 0.15) is 72.3 Å². The summed E-state index contributed by atoms with van der Waals surface area (Å²) in [4.78, 5) is 63.2. The summed E-state index contributed by atoms with van der Waals surface area (Å²) in [6, 6.07) is 18.3. The normalized spacial score (nSPS) is 15.4. The first-order chi connectivity index (χ1) is 27.3. The summed E-state index contributed by atoms with van der Waals surface area (Å²) in [7, 11) is 1.11. The average molecular weight is 809 g/mol. The maximum Gasteiger partial charge on any atom is 0.422 e. The van der Waals surface area contributed by atoms with E-state index in [1.165, 1.54) is 49.1 Å². The second-order valence-corrected chi connectivity index (χ2v) is 14.2. The van der Waals surface area contributed by atoms with Crippen LogP contribution in [-0.4, -0.2) is 71.1 Å². The van der Waals surface area contributed by atoms with E-state index in [4.69, 9.17) is 21.1 Å². The zero-order chi connectivity index (χ0) is 40.6. The predicted molar refractivity (Wildman–Crippen MR) is 204 cm³/mol. The van der Waals surface area contributed by atoms with Crippen molar-refractivity contribution in [2.45, 2.75) is 68.6 Å². The van der Waals surface area contributed by atoms with Gasteiger partial charge in [0.2, 0.25) is 11.9 Å². The van der Waals surface area contributed by atoms with Crippen molar-refractivity contribution in [1.82, 2.24) is 25.6 Å². The van der Waals surface area contributed by atoms with Gasteiger partial charge < -0.3 is 36.1 Å². The molecule has 0 aliphatic heterocycles. The van der Waals surface area contributed by atoms with Crippen LogP contribution in [0.3, 0.4) is 0 Å². The highest BCUT2D eigenvalue weighted by molar-refractivity contribution is 6.39. The average Bonchev–Trinajstić information content (AvgIpc) is 3.99. The molecule has 2 aliphatic carbocycles. The maximum atomic E-state index is 13.1. The number of carbonyl (C=O) groups excluding carboxylic acids is 4. The number of benzene rings is 3. The molecule has 5 N–H and O–H groups in total. The quantitative estimate of drug-likeness (QED) is 0.0703. The third-order valence-corrected chi connectivity index (χ3v) is 9.84. The number of rotatable bonds is 14. The van der Waals surface area contributed by atoms with Crippen LogP contribution in [0.4, 0.5) is 36.4 Å². The number of amides is 3. The van der Waals surface area contributed by atoms with Crippen molar-refractivity contribution in [1.29, 1.82) is 0 Å². The Hall–Kier alpha value is -5.97. The first-order valence-electron chi connectivity index (χ1n) is 18.2. The molecular formula is C39H40ClF3N8O6. The number of methoxy groups -OCH3 is 1. The van der Waals surface area contributed by atoms with Crippen molar-refractivity contribution in [3.05, 3.63) is 94.5 Å². The Kier molecular flexibility index (Phi) is 12.8. The lowest BCUT2D eigenvalue weighted by Crippen LogP contribution is -2.50. The van der Waals surface area contributed by atoms with Gasteiger partial charge in [-0.1, -0.05) is 55.1 Å². The summed E-state index contributed by atoms with van der Waals surface area (Å²) in [5, 5.41) is 14.0. The van der Waals surface area contributed by atoms with E-state index in [9.17, 15) is 32.3 Å². The summed E-state index contributed by atoms with van der Waals surface area (Å²) < 4.78 is 48.6. The van der Waals surface area contributed by atoms with E-state index in [-0.39, 0.29) is 17.5 Å². The molecule has 0 radical (unpaired) electrons. The molecule has 0 unspecified atom stereocenters. The lowest BCUT2D eigenvalue weighted by molar-refractivity contribution is -0.154. The largest absolute Gasteiger partial charge is 0.467 e. The van der Waals surface area contributed by atoms with Crippen molar-refractivity contribution < 1.29 is 41.8 Å². The van der Waals surface area contributed by atoms with Crippen LogP contribution in [0.15, 0.2) is 72.8 Å². The topological polar surface area (TPSA) is 186 Å². The SMILES string of the molecule is COC(=O)[C@H](CNC(=O)C(=O)Nc1ccc(C2CCCCC2)cc1)NC(=O)c1ccc(Nc2nc(NC3(c4ccc(Cl)cc4)CC3)nc(OCC(F)(F)F)n2)cc1. The summed E-state index contributed by atoms with van der Waals surface area (Å²) in [5.74, 6) is -3.24. The Morgan fingerprint density at radius 2 is 1.49 bits per heavy atom. The monoisotopic (exact) mass is 808 g/mol. The molecule has 6 rings (SSSR count). The lowest BCUT2D eigenvalue weighted by atomic mass is 9.84. The molecule has 0 spiro atoms. The maximum absolute atomic E-state index is 13.1. The molecule has 18 heteroatoms. The fraction of sp³-hybridized carbons (Fsp3) is 0.359. The second-order valence-electron chi connectivity index (χ2n) is 13.8. The molecule has 300 valence electrons.